The smallest absolute Gasteiger partial charge is 0 e. The third kappa shape index (κ3) is 31.7. The molecule has 1 radical (unpaired) electrons. The molecule has 0 N–H and O–H groups in total. The molecular weight excluding hydrogens is 323 g/mol. The molecule has 1 saturated heterocycles. The summed E-state index contributed by atoms with van der Waals surface area (Å²) in [5.74, 6) is 0. The van der Waals surface area contributed by atoms with Crippen LogP contribution < -0.4 is 0 Å². The van der Waals surface area contributed by atoms with E-state index in [0.717, 1.165) is 19.6 Å². The Morgan fingerprint density at radius 2 is 1.47 bits per heavy atom. The average Bonchev–Trinajstić information content (AvgIpc) is 2.45. The minimum absolute atomic E-state index is 0. The van der Waals surface area contributed by atoms with Gasteiger partial charge in [0.15, 0.2) is 0 Å². The Balaban J connectivity index is -0.000000188. The molecule has 7 heteroatoms. The topological polar surface area (TPSA) is 72.8 Å². The van der Waals surface area contributed by atoms with Gasteiger partial charge in [0.2, 0.25) is 0 Å². The molecule has 0 unspecified atom stereocenters. The minimum Gasteiger partial charge on any atom is -0.753 e. The second kappa shape index (κ2) is 26.0. The van der Waals surface area contributed by atoms with Gasteiger partial charge in [0.05, 0.1) is 0 Å². The zero-order valence-electron chi connectivity index (χ0n) is 10.5. The van der Waals surface area contributed by atoms with Crippen LogP contribution in [0, 0.1) is 0 Å². The van der Waals surface area contributed by atoms with Crippen LogP contribution in [0.15, 0.2) is 24.4 Å². The minimum atomic E-state index is 0. The first kappa shape index (κ1) is 23.4. The van der Waals surface area contributed by atoms with Crippen LogP contribution in [0.4, 0.5) is 0 Å². The van der Waals surface area contributed by atoms with Crippen molar-refractivity contribution in [3.8, 4) is 0 Å². The van der Waals surface area contributed by atoms with E-state index >= 15 is 0 Å². The van der Waals surface area contributed by atoms with Crippen molar-refractivity contribution in [3.63, 3.8) is 0 Å². The van der Waals surface area contributed by atoms with Gasteiger partial charge in [0.1, 0.15) is 0 Å². The fraction of sp³-hybridized carbons (Fsp3) is 0.500. The molecule has 0 atom stereocenters. The number of nitrogens with zero attached hydrogens (tertiary/aromatic N) is 4. The van der Waals surface area contributed by atoms with E-state index in [1.54, 1.807) is 6.20 Å². The first-order valence-corrected chi connectivity index (χ1v) is 6.29. The molecule has 1 fully saturated rings. The van der Waals surface area contributed by atoms with Crippen LogP contribution in [0.3, 0.4) is 0 Å². The van der Waals surface area contributed by atoms with Crippen molar-refractivity contribution >= 4 is 34.8 Å². The number of piperidine rings is 1. The molecule has 0 aromatic heterocycles. The van der Waals surface area contributed by atoms with Crippen molar-refractivity contribution in [3.05, 3.63) is 45.9 Å². The molecule has 2 aliphatic rings. The van der Waals surface area contributed by atoms with Gasteiger partial charge in [-0.1, -0.05) is 55.9 Å². The molecule has 2 aliphatic heterocycles. The Morgan fingerprint density at radius 1 is 0.947 bits per heavy atom. The molecule has 0 bridgehead atoms. The number of isothiocyanates is 2. The maximum atomic E-state index is 7.13. The molecular formula is C12H16CoN4S2-4. The van der Waals surface area contributed by atoms with Crippen molar-refractivity contribution < 1.29 is 16.8 Å². The molecule has 2 rings (SSSR count). The van der Waals surface area contributed by atoms with E-state index < -0.39 is 0 Å². The second-order valence-electron chi connectivity index (χ2n) is 3.05. The van der Waals surface area contributed by atoms with Crippen LogP contribution in [0.25, 0.3) is 21.5 Å². The fourth-order valence-electron chi connectivity index (χ4n) is 1.11. The molecule has 0 saturated carbocycles. The molecule has 4 nitrogen and oxygen atoms in total. The Bertz CT molecular complexity index is 255. The van der Waals surface area contributed by atoms with Crippen LogP contribution in [0.2, 0.25) is 0 Å². The molecule has 0 amide bonds. The number of hydrogen-bond donors (Lipinski definition) is 0. The summed E-state index contributed by atoms with van der Waals surface area (Å²) in [5, 5.41) is 25.0. The van der Waals surface area contributed by atoms with Gasteiger partial charge in [-0.3, -0.25) is 0 Å². The van der Waals surface area contributed by atoms with Gasteiger partial charge in [-0.15, -0.1) is 25.7 Å². The summed E-state index contributed by atoms with van der Waals surface area (Å²) in [4.78, 5) is 0. The third-order valence-corrected chi connectivity index (χ3v) is 1.78. The molecule has 0 aromatic carbocycles. The molecule has 19 heavy (non-hydrogen) atoms. The van der Waals surface area contributed by atoms with E-state index in [4.69, 9.17) is 10.8 Å². The van der Waals surface area contributed by atoms with Gasteiger partial charge < -0.3 is 21.5 Å². The van der Waals surface area contributed by atoms with Crippen LogP contribution in [-0.4, -0.2) is 30.0 Å². The zero-order valence-corrected chi connectivity index (χ0v) is 13.2. The van der Waals surface area contributed by atoms with E-state index in [-0.39, 0.29) is 16.8 Å². The summed E-state index contributed by atoms with van der Waals surface area (Å²) >= 11 is 7.40. The first-order valence-electron chi connectivity index (χ1n) is 5.47. The monoisotopic (exact) mass is 339 g/mol. The normalized spacial score (nSPS) is 13.9. The Labute approximate surface area is 136 Å². The standard InChI is InChI=1S/C5H10N.C5H6N.2CNS.Co/c2*1-2-4-6-5-3-1;2*2-1-3;/h1-5H2;1-4H,5H2;;;/q4*-1;. The number of allylic oxidation sites excluding steroid dienone is 2. The van der Waals surface area contributed by atoms with Crippen LogP contribution in [0.5, 0.6) is 0 Å². The van der Waals surface area contributed by atoms with E-state index in [1.165, 1.54) is 29.6 Å². The maximum absolute atomic E-state index is 7.13. The number of thiocarbonyl (C=S) groups is 2. The average molecular weight is 339 g/mol. The summed E-state index contributed by atoms with van der Waals surface area (Å²) < 4.78 is 0. The summed E-state index contributed by atoms with van der Waals surface area (Å²) in [5.41, 5.74) is 0. The van der Waals surface area contributed by atoms with Crippen LogP contribution >= 0.6 is 24.4 Å². The van der Waals surface area contributed by atoms with Gasteiger partial charge in [-0.25, -0.2) is 0 Å². The summed E-state index contributed by atoms with van der Waals surface area (Å²) in [6.45, 7) is 3.11. The summed E-state index contributed by atoms with van der Waals surface area (Å²) in [7, 11) is 0. The van der Waals surface area contributed by atoms with E-state index in [9.17, 15) is 0 Å². The molecule has 0 aromatic rings. The van der Waals surface area contributed by atoms with Crippen molar-refractivity contribution in [2.24, 2.45) is 0 Å². The zero-order chi connectivity index (χ0) is 13.9. The van der Waals surface area contributed by atoms with Crippen molar-refractivity contribution in [1.82, 2.24) is 0 Å². The van der Waals surface area contributed by atoms with Gasteiger partial charge in [-0.05, 0) is 0 Å². The second-order valence-corrected chi connectivity index (χ2v) is 3.41. The quantitative estimate of drug-likeness (QED) is 0.487. The number of hydrogen-bond acceptors (Lipinski definition) is 2. The first-order chi connectivity index (χ1) is 8.83. The van der Waals surface area contributed by atoms with Crippen molar-refractivity contribution in [2.45, 2.75) is 19.3 Å². The predicted octanol–water partition coefficient (Wildman–Crippen LogP) is 4.30. The van der Waals surface area contributed by atoms with Crippen LogP contribution in [0.1, 0.15) is 19.3 Å². The van der Waals surface area contributed by atoms with Gasteiger partial charge in [0, 0.05) is 16.8 Å². The fourth-order valence-corrected chi connectivity index (χ4v) is 1.11. The SMILES string of the molecule is C1=CC[N-]C=C1.C1CC[N-]CC1.[Co].[N-]=C=S.[N-]=C=S. The Hall–Kier alpha value is -0.654. The molecule has 0 aliphatic carbocycles. The van der Waals surface area contributed by atoms with E-state index in [0.29, 0.717) is 0 Å². The largest absolute Gasteiger partial charge is 0.753 e. The predicted molar refractivity (Wildman–Crippen MR) is 85.4 cm³/mol. The summed E-state index contributed by atoms with van der Waals surface area (Å²) in [6, 6.07) is 0. The molecule has 2 heterocycles. The van der Waals surface area contributed by atoms with E-state index in [2.05, 4.69) is 35.1 Å². The van der Waals surface area contributed by atoms with Crippen molar-refractivity contribution in [2.75, 3.05) is 19.6 Å². The Kier molecular flexibility index (Phi) is 32.1. The molecule has 109 valence electrons. The van der Waals surface area contributed by atoms with Crippen molar-refractivity contribution in [1.29, 1.82) is 0 Å². The van der Waals surface area contributed by atoms with Crippen LogP contribution in [-0.2, 0) is 16.8 Å². The molecule has 0 spiro atoms. The van der Waals surface area contributed by atoms with Gasteiger partial charge in [0.25, 0.3) is 0 Å². The third-order valence-electron chi connectivity index (χ3n) is 1.78. The number of rotatable bonds is 0. The maximum Gasteiger partial charge on any atom is 0 e. The van der Waals surface area contributed by atoms with Gasteiger partial charge in [-0.2, -0.15) is 16.5 Å². The summed E-state index contributed by atoms with van der Waals surface area (Å²) in [6.07, 6.45) is 11.8. The Morgan fingerprint density at radius 3 is 1.58 bits per heavy atom. The van der Waals surface area contributed by atoms with E-state index in [1.807, 2.05) is 18.2 Å². The van der Waals surface area contributed by atoms with Gasteiger partial charge >= 0.3 is 0 Å².